The van der Waals surface area contributed by atoms with Crippen LogP contribution >= 0.6 is 23.8 Å². The van der Waals surface area contributed by atoms with Crippen molar-refractivity contribution in [3.63, 3.8) is 0 Å². The number of aromatic nitrogens is 3. The summed E-state index contributed by atoms with van der Waals surface area (Å²) >= 11 is 11.0. The minimum atomic E-state index is 0.170. The summed E-state index contributed by atoms with van der Waals surface area (Å²) < 4.78 is 0. The van der Waals surface area contributed by atoms with Crippen molar-refractivity contribution in [1.82, 2.24) is 15.2 Å². The number of anilines is 1. The van der Waals surface area contributed by atoms with Crippen molar-refractivity contribution in [2.75, 3.05) is 5.32 Å². The molecule has 20 heavy (non-hydrogen) atoms. The number of nitrogens with two attached hydrogens (primary N) is 1. The number of nitrogens with zero attached hydrogens (tertiary/aromatic N) is 2. The van der Waals surface area contributed by atoms with Crippen molar-refractivity contribution in [2.24, 2.45) is 5.73 Å². The Hall–Kier alpha value is -2.18. The molecule has 0 amide bonds. The minimum Gasteiger partial charge on any atom is -0.376 e. The highest BCUT2D eigenvalue weighted by atomic mass is 35.5. The molecule has 2 heterocycles. The Balaban J connectivity index is 2.14. The zero-order valence-electron chi connectivity index (χ0n) is 10.2. The van der Waals surface area contributed by atoms with Crippen LogP contribution in [0, 0.1) is 0 Å². The van der Waals surface area contributed by atoms with Gasteiger partial charge in [-0.05, 0) is 36.0 Å². The maximum absolute atomic E-state index is 6.19. The van der Waals surface area contributed by atoms with Crippen LogP contribution in [-0.2, 0) is 0 Å². The lowest BCUT2D eigenvalue weighted by molar-refractivity contribution is 1.12. The molecule has 100 valence electrons. The summed E-state index contributed by atoms with van der Waals surface area (Å²) in [4.78, 5) is 4.10. The largest absolute Gasteiger partial charge is 0.376 e. The normalized spacial score (nSPS) is 10.7. The molecule has 4 N–H and O–H groups in total. The van der Waals surface area contributed by atoms with E-state index in [9.17, 15) is 0 Å². The summed E-state index contributed by atoms with van der Waals surface area (Å²) in [5, 5.41) is 11.6. The Kier molecular flexibility index (Phi) is 3.25. The Morgan fingerprint density at radius 1 is 1.35 bits per heavy atom. The molecule has 0 spiro atoms. The standard InChI is InChI=1S/C13H10ClN5S/c14-10-3-4-16-6-9(10)7-1-2-11-8(5-7)12(19-18-11)17-13(15)20/h1-6H,(H4,15,17,18,19,20). The average Bonchev–Trinajstić information content (AvgIpc) is 2.81. The number of thiocarbonyl (C=S) groups is 1. The van der Waals surface area contributed by atoms with Gasteiger partial charge < -0.3 is 11.1 Å². The summed E-state index contributed by atoms with van der Waals surface area (Å²) in [7, 11) is 0. The van der Waals surface area contributed by atoms with Crippen molar-refractivity contribution in [2.45, 2.75) is 0 Å². The van der Waals surface area contributed by atoms with E-state index < -0.39 is 0 Å². The fourth-order valence-corrected chi connectivity index (χ4v) is 2.29. The molecule has 0 bridgehead atoms. The van der Waals surface area contributed by atoms with E-state index in [4.69, 9.17) is 29.6 Å². The minimum absolute atomic E-state index is 0.170. The number of H-pyrrole nitrogens is 1. The molecule has 0 aliphatic rings. The SMILES string of the molecule is NC(=S)Nc1n[nH]c2ccc(-c3cnccc3Cl)cc12. The smallest absolute Gasteiger partial charge is 0.169 e. The van der Waals surface area contributed by atoms with Gasteiger partial charge >= 0.3 is 0 Å². The zero-order chi connectivity index (χ0) is 14.1. The molecule has 0 atom stereocenters. The van der Waals surface area contributed by atoms with Crippen molar-refractivity contribution in [1.29, 1.82) is 0 Å². The monoisotopic (exact) mass is 303 g/mol. The lowest BCUT2D eigenvalue weighted by atomic mass is 10.1. The Labute approximate surface area is 125 Å². The van der Waals surface area contributed by atoms with Crippen LogP contribution in [0.3, 0.4) is 0 Å². The van der Waals surface area contributed by atoms with E-state index >= 15 is 0 Å². The van der Waals surface area contributed by atoms with Gasteiger partial charge in [0.2, 0.25) is 0 Å². The molecule has 3 aromatic rings. The third kappa shape index (κ3) is 2.31. The summed E-state index contributed by atoms with van der Waals surface area (Å²) in [6.45, 7) is 0. The summed E-state index contributed by atoms with van der Waals surface area (Å²) in [5.74, 6) is 0.592. The van der Waals surface area contributed by atoms with Crippen LogP contribution in [0.25, 0.3) is 22.0 Å². The molecule has 0 aliphatic carbocycles. The first-order valence-corrected chi connectivity index (χ1v) is 6.58. The molecule has 0 fully saturated rings. The third-order valence-corrected chi connectivity index (χ3v) is 3.31. The van der Waals surface area contributed by atoms with Gasteiger partial charge in [0.15, 0.2) is 10.9 Å². The summed E-state index contributed by atoms with van der Waals surface area (Å²) in [5.41, 5.74) is 8.17. The van der Waals surface area contributed by atoms with Crippen LogP contribution in [0.15, 0.2) is 36.7 Å². The van der Waals surface area contributed by atoms with Crippen molar-refractivity contribution in [3.8, 4) is 11.1 Å². The van der Waals surface area contributed by atoms with Gasteiger partial charge in [0.25, 0.3) is 0 Å². The molecule has 2 aromatic heterocycles. The fourth-order valence-electron chi connectivity index (χ4n) is 1.98. The van der Waals surface area contributed by atoms with E-state index in [1.807, 2.05) is 18.2 Å². The van der Waals surface area contributed by atoms with E-state index in [1.165, 1.54) is 0 Å². The average molecular weight is 304 g/mol. The van der Waals surface area contributed by atoms with Crippen LogP contribution in [0.5, 0.6) is 0 Å². The molecule has 1 aromatic carbocycles. The molecular formula is C13H10ClN5S. The Bertz CT molecular complexity index is 798. The zero-order valence-corrected chi connectivity index (χ0v) is 11.8. The van der Waals surface area contributed by atoms with Gasteiger partial charge in [-0.2, -0.15) is 5.10 Å². The number of hydrogen-bond acceptors (Lipinski definition) is 3. The predicted molar refractivity (Wildman–Crippen MR) is 84.7 cm³/mol. The highest BCUT2D eigenvalue weighted by Crippen LogP contribution is 2.31. The maximum atomic E-state index is 6.19. The van der Waals surface area contributed by atoms with Gasteiger partial charge in [0.1, 0.15) is 0 Å². The second-order valence-electron chi connectivity index (χ2n) is 4.18. The topological polar surface area (TPSA) is 79.6 Å². The van der Waals surface area contributed by atoms with E-state index in [1.54, 1.807) is 18.5 Å². The number of pyridine rings is 1. The quantitative estimate of drug-likeness (QED) is 0.634. The lowest BCUT2D eigenvalue weighted by Gasteiger charge is -2.04. The Morgan fingerprint density at radius 3 is 2.95 bits per heavy atom. The molecule has 0 aliphatic heterocycles. The molecule has 0 unspecified atom stereocenters. The number of rotatable bonds is 2. The number of halogens is 1. The van der Waals surface area contributed by atoms with Crippen LogP contribution < -0.4 is 11.1 Å². The van der Waals surface area contributed by atoms with E-state index in [0.717, 1.165) is 22.0 Å². The Morgan fingerprint density at radius 2 is 2.20 bits per heavy atom. The van der Waals surface area contributed by atoms with Crippen molar-refractivity contribution < 1.29 is 0 Å². The molecular weight excluding hydrogens is 294 g/mol. The van der Waals surface area contributed by atoms with Gasteiger partial charge in [-0.25, -0.2) is 0 Å². The van der Waals surface area contributed by atoms with Gasteiger partial charge in [-0.3, -0.25) is 10.1 Å². The first kappa shape index (κ1) is 12.8. The summed E-state index contributed by atoms with van der Waals surface area (Å²) in [6.07, 6.45) is 3.38. The van der Waals surface area contributed by atoms with Gasteiger partial charge in [0, 0.05) is 23.3 Å². The lowest BCUT2D eigenvalue weighted by Crippen LogP contribution is -2.19. The summed E-state index contributed by atoms with van der Waals surface area (Å²) in [6, 6.07) is 7.59. The van der Waals surface area contributed by atoms with E-state index in [-0.39, 0.29) is 5.11 Å². The third-order valence-electron chi connectivity index (χ3n) is 2.88. The van der Waals surface area contributed by atoms with Crippen molar-refractivity contribution in [3.05, 3.63) is 41.7 Å². The van der Waals surface area contributed by atoms with Gasteiger partial charge in [-0.1, -0.05) is 17.7 Å². The second-order valence-corrected chi connectivity index (χ2v) is 5.02. The maximum Gasteiger partial charge on any atom is 0.169 e. The van der Waals surface area contributed by atoms with Crippen LogP contribution in [0.2, 0.25) is 5.02 Å². The van der Waals surface area contributed by atoms with E-state index in [0.29, 0.717) is 10.8 Å². The highest BCUT2D eigenvalue weighted by Gasteiger charge is 2.09. The molecule has 5 nitrogen and oxygen atoms in total. The van der Waals surface area contributed by atoms with Crippen LogP contribution in [-0.4, -0.2) is 20.3 Å². The number of benzene rings is 1. The fraction of sp³-hybridized carbons (Fsp3) is 0. The number of fused-ring (bicyclic) bond motifs is 1. The number of nitrogens with one attached hydrogen (secondary N) is 2. The van der Waals surface area contributed by atoms with Gasteiger partial charge in [0.05, 0.1) is 10.5 Å². The van der Waals surface area contributed by atoms with Gasteiger partial charge in [-0.15, -0.1) is 0 Å². The molecule has 0 saturated carbocycles. The molecule has 7 heteroatoms. The highest BCUT2D eigenvalue weighted by molar-refractivity contribution is 7.80. The van der Waals surface area contributed by atoms with Crippen LogP contribution in [0.1, 0.15) is 0 Å². The number of hydrogen-bond donors (Lipinski definition) is 3. The predicted octanol–water partition coefficient (Wildman–Crippen LogP) is 2.93. The van der Waals surface area contributed by atoms with Crippen molar-refractivity contribution >= 4 is 45.7 Å². The molecule has 3 rings (SSSR count). The van der Waals surface area contributed by atoms with E-state index in [2.05, 4.69) is 20.5 Å². The second kappa shape index (κ2) is 5.07. The number of aromatic amines is 1. The first-order valence-electron chi connectivity index (χ1n) is 5.79. The molecule has 0 saturated heterocycles. The molecule has 0 radical (unpaired) electrons. The first-order chi connectivity index (χ1) is 9.65. The van der Waals surface area contributed by atoms with Crippen LogP contribution in [0.4, 0.5) is 5.82 Å².